The topological polar surface area (TPSA) is 75.3 Å². The summed E-state index contributed by atoms with van der Waals surface area (Å²) in [4.78, 5) is 13.4. The van der Waals surface area contributed by atoms with Crippen molar-refractivity contribution in [1.82, 2.24) is 5.32 Å². The van der Waals surface area contributed by atoms with Crippen molar-refractivity contribution < 1.29 is 13.2 Å². The van der Waals surface area contributed by atoms with E-state index in [2.05, 4.69) is 22.2 Å². The normalized spacial score (nSPS) is 11.1. The Labute approximate surface area is 173 Å². The summed E-state index contributed by atoms with van der Waals surface area (Å²) in [6.45, 7) is 0.589. The van der Waals surface area contributed by atoms with Crippen LogP contribution in [0.15, 0.2) is 81.2 Å². The van der Waals surface area contributed by atoms with Crippen LogP contribution in [0.2, 0.25) is 0 Å². The summed E-state index contributed by atoms with van der Waals surface area (Å²) < 4.78 is 27.2. The van der Waals surface area contributed by atoms with Gasteiger partial charge in [0.15, 0.2) is 0 Å². The van der Waals surface area contributed by atoms with Crippen LogP contribution < -0.4 is 10.0 Å². The van der Waals surface area contributed by atoms with Gasteiger partial charge >= 0.3 is 0 Å². The van der Waals surface area contributed by atoms with Crippen molar-refractivity contribution in [2.24, 2.45) is 0 Å². The first-order valence-electron chi connectivity index (χ1n) is 8.67. The summed E-state index contributed by atoms with van der Waals surface area (Å²) in [7, 11) is -3.58. The number of carbonyl (C=O) groups is 1. The van der Waals surface area contributed by atoms with Crippen LogP contribution >= 0.6 is 23.1 Å². The number of hydrogen-bond donors (Lipinski definition) is 2. The van der Waals surface area contributed by atoms with Crippen molar-refractivity contribution >= 4 is 44.7 Å². The molecular weight excluding hydrogens is 412 g/mol. The zero-order chi connectivity index (χ0) is 19.8. The summed E-state index contributed by atoms with van der Waals surface area (Å²) in [6.07, 6.45) is 0.865. The number of thioether (sulfide) groups is 1. The van der Waals surface area contributed by atoms with E-state index < -0.39 is 10.0 Å². The van der Waals surface area contributed by atoms with E-state index in [1.165, 1.54) is 4.90 Å². The second kappa shape index (κ2) is 9.77. The summed E-state index contributed by atoms with van der Waals surface area (Å²) in [5.74, 6) is 0.755. The molecule has 0 aliphatic rings. The van der Waals surface area contributed by atoms with Gasteiger partial charge in [0.1, 0.15) is 4.21 Å². The fourth-order valence-corrected chi connectivity index (χ4v) is 5.32. The summed E-state index contributed by atoms with van der Waals surface area (Å²) in [5.41, 5.74) is 0.916. The van der Waals surface area contributed by atoms with Crippen LogP contribution in [0.3, 0.4) is 0 Å². The summed E-state index contributed by atoms with van der Waals surface area (Å²) in [6, 6.07) is 19.8. The first-order valence-corrected chi connectivity index (χ1v) is 12.0. The highest BCUT2D eigenvalue weighted by Crippen LogP contribution is 2.20. The van der Waals surface area contributed by atoms with Crippen molar-refractivity contribution in [1.29, 1.82) is 0 Å². The molecule has 3 aromatic rings. The number of hydrogen-bond acceptors (Lipinski definition) is 5. The van der Waals surface area contributed by atoms with Gasteiger partial charge < -0.3 is 5.32 Å². The van der Waals surface area contributed by atoms with E-state index in [0.717, 1.165) is 23.5 Å². The van der Waals surface area contributed by atoms with E-state index in [1.54, 1.807) is 53.5 Å². The molecule has 0 saturated carbocycles. The fourth-order valence-electron chi connectivity index (χ4n) is 2.39. The monoisotopic (exact) mass is 432 g/mol. The van der Waals surface area contributed by atoms with Crippen LogP contribution in [0, 0.1) is 0 Å². The standard InChI is InChI=1S/C20H20N2O3S3/c23-20(21-13-5-15-26-18-6-2-1-3-7-18)16-9-11-17(12-10-16)22-28(24,25)19-8-4-14-27-19/h1-4,6-12,14,22H,5,13,15H2,(H,21,23). The molecule has 28 heavy (non-hydrogen) atoms. The molecule has 0 bridgehead atoms. The Morgan fingerprint density at radius 1 is 0.964 bits per heavy atom. The average Bonchev–Trinajstić information content (AvgIpc) is 3.25. The molecule has 1 heterocycles. The molecule has 0 unspecified atom stereocenters. The van der Waals surface area contributed by atoms with Crippen LogP contribution in [-0.4, -0.2) is 26.6 Å². The Hall–Kier alpha value is -2.29. The Morgan fingerprint density at radius 3 is 2.39 bits per heavy atom. The van der Waals surface area contributed by atoms with Gasteiger partial charge in [-0.3, -0.25) is 9.52 Å². The van der Waals surface area contributed by atoms with E-state index in [0.29, 0.717) is 17.8 Å². The predicted molar refractivity (Wildman–Crippen MR) is 116 cm³/mol. The van der Waals surface area contributed by atoms with Crippen molar-refractivity contribution in [3.8, 4) is 0 Å². The highest BCUT2D eigenvalue weighted by atomic mass is 32.2. The molecule has 0 aliphatic carbocycles. The lowest BCUT2D eigenvalue weighted by Crippen LogP contribution is -2.24. The van der Waals surface area contributed by atoms with Crippen molar-refractivity contribution in [2.45, 2.75) is 15.5 Å². The molecule has 1 amide bonds. The highest BCUT2D eigenvalue weighted by Gasteiger charge is 2.15. The number of rotatable bonds is 9. The van der Waals surface area contributed by atoms with Gasteiger partial charge in [0.25, 0.3) is 15.9 Å². The largest absolute Gasteiger partial charge is 0.352 e. The Morgan fingerprint density at radius 2 is 1.71 bits per heavy atom. The minimum Gasteiger partial charge on any atom is -0.352 e. The van der Waals surface area contributed by atoms with Crippen LogP contribution in [0.25, 0.3) is 0 Å². The lowest BCUT2D eigenvalue weighted by Gasteiger charge is -2.08. The van der Waals surface area contributed by atoms with Crippen molar-refractivity contribution in [3.05, 3.63) is 77.7 Å². The number of carbonyl (C=O) groups excluding carboxylic acids is 1. The maximum atomic E-state index is 12.2. The first-order chi connectivity index (χ1) is 13.5. The number of anilines is 1. The van der Waals surface area contributed by atoms with Crippen molar-refractivity contribution in [3.63, 3.8) is 0 Å². The van der Waals surface area contributed by atoms with Crippen LogP contribution in [0.1, 0.15) is 16.8 Å². The van der Waals surface area contributed by atoms with E-state index in [-0.39, 0.29) is 10.1 Å². The van der Waals surface area contributed by atoms with Gasteiger partial charge in [-0.25, -0.2) is 8.42 Å². The Kier molecular flexibility index (Phi) is 7.13. The number of nitrogens with one attached hydrogen (secondary N) is 2. The maximum Gasteiger partial charge on any atom is 0.271 e. The molecule has 0 aliphatic heterocycles. The van der Waals surface area contributed by atoms with Crippen LogP contribution in [0.4, 0.5) is 5.69 Å². The molecule has 146 valence electrons. The minimum atomic E-state index is -3.58. The molecule has 2 N–H and O–H groups in total. The van der Waals surface area contributed by atoms with E-state index in [9.17, 15) is 13.2 Å². The lowest BCUT2D eigenvalue weighted by molar-refractivity contribution is 0.0954. The second-order valence-electron chi connectivity index (χ2n) is 5.89. The summed E-state index contributed by atoms with van der Waals surface area (Å²) in [5, 5.41) is 4.59. The van der Waals surface area contributed by atoms with E-state index >= 15 is 0 Å². The van der Waals surface area contributed by atoms with Gasteiger partial charge in [-0.2, -0.15) is 0 Å². The molecule has 0 spiro atoms. The second-order valence-corrected chi connectivity index (χ2v) is 9.91. The lowest BCUT2D eigenvalue weighted by atomic mass is 10.2. The molecule has 0 saturated heterocycles. The molecule has 0 radical (unpaired) electrons. The van der Waals surface area contributed by atoms with Gasteiger partial charge in [-0.15, -0.1) is 23.1 Å². The molecule has 8 heteroatoms. The zero-order valence-electron chi connectivity index (χ0n) is 15.0. The van der Waals surface area contributed by atoms with Gasteiger partial charge in [0, 0.05) is 22.7 Å². The number of sulfonamides is 1. The molecule has 0 atom stereocenters. The number of amides is 1. The molecular formula is C20H20N2O3S3. The molecule has 2 aromatic carbocycles. The molecule has 5 nitrogen and oxygen atoms in total. The predicted octanol–water partition coefficient (Wildman–Crippen LogP) is 4.46. The third kappa shape index (κ3) is 5.85. The highest BCUT2D eigenvalue weighted by molar-refractivity contribution is 7.99. The Balaban J connectivity index is 1.44. The minimum absolute atomic E-state index is 0.169. The maximum absolute atomic E-state index is 12.2. The average molecular weight is 433 g/mol. The van der Waals surface area contributed by atoms with Gasteiger partial charge in [-0.1, -0.05) is 24.3 Å². The molecule has 0 fully saturated rings. The van der Waals surface area contributed by atoms with Crippen LogP contribution in [-0.2, 0) is 10.0 Å². The summed E-state index contributed by atoms with van der Waals surface area (Å²) >= 11 is 2.91. The Bertz CT molecular complexity index is 987. The number of benzene rings is 2. The third-order valence-electron chi connectivity index (χ3n) is 3.78. The smallest absolute Gasteiger partial charge is 0.271 e. The SMILES string of the molecule is O=C(NCCCSc1ccccc1)c1ccc(NS(=O)(=O)c2cccs2)cc1. The molecule has 3 rings (SSSR count). The van der Waals surface area contributed by atoms with E-state index in [1.807, 2.05) is 18.2 Å². The van der Waals surface area contributed by atoms with Gasteiger partial charge in [-0.05, 0) is 60.0 Å². The zero-order valence-corrected chi connectivity index (χ0v) is 17.4. The van der Waals surface area contributed by atoms with Gasteiger partial charge in [0.05, 0.1) is 0 Å². The van der Waals surface area contributed by atoms with E-state index in [4.69, 9.17) is 0 Å². The van der Waals surface area contributed by atoms with Gasteiger partial charge in [0.2, 0.25) is 0 Å². The quantitative estimate of drug-likeness (QED) is 0.387. The first kappa shape index (κ1) is 20.4. The fraction of sp³-hybridized carbons (Fsp3) is 0.150. The third-order valence-corrected chi connectivity index (χ3v) is 7.65. The number of thiophene rings is 1. The van der Waals surface area contributed by atoms with Crippen LogP contribution in [0.5, 0.6) is 0 Å². The molecule has 1 aromatic heterocycles. The van der Waals surface area contributed by atoms with Crippen molar-refractivity contribution in [2.75, 3.05) is 17.0 Å².